The van der Waals surface area contributed by atoms with E-state index in [9.17, 15) is 0 Å². The highest BCUT2D eigenvalue weighted by Gasteiger charge is 2.09. The Morgan fingerprint density at radius 1 is 1.07 bits per heavy atom. The summed E-state index contributed by atoms with van der Waals surface area (Å²) in [6, 6.07) is 9.62. The Hall–Kier alpha value is -0.960. The number of rotatable bonds is 4. The van der Waals surface area contributed by atoms with Crippen LogP contribution in [0.1, 0.15) is 5.56 Å². The van der Waals surface area contributed by atoms with E-state index in [2.05, 4.69) is 4.76 Å². The lowest BCUT2D eigenvalue weighted by Crippen LogP contribution is -2.03. The summed E-state index contributed by atoms with van der Waals surface area (Å²) in [5.74, 6) is 0.519. The average molecular weight is 227 g/mol. The highest BCUT2D eigenvalue weighted by Crippen LogP contribution is 2.38. The van der Waals surface area contributed by atoms with E-state index in [-0.39, 0.29) is 0 Å². The third kappa shape index (κ3) is 3.59. The van der Waals surface area contributed by atoms with Crippen molar-refractivity contribution in [3.63, 3.8) is 0 Å². The molecule has 0 radical (unpaired) electrons. The Morgan fingerprint density at radius 2 is 1.67 bits per heavy atom. The Kier molecular flexibility index (Phi) is 5.26. The van der Waals surface area contributed by atoms with Crippen LogP contribution in [0.4, 0.5) is 0 Å². The molecule has 4 nitrogen and oxygen atoms in total. The summed E-state index contributed by atoms with van der Waals surface area (Å²) in [6.45, 7) is 0. The van der Waals surface area contributed by atoms with Gasteiger partial charge in [0.05, 0.1) is 7.11 Å². The molecule has 0 heterocycles. The van der Waals surface area contributed by atoms with Gasteiger partial charge in [-0.05, 0) is 12.1 Å². The molecule has 0 saturated heterocycles. The fourth-order valence-electron chi connectivity index (χ4n) is 1.03. The number of ether oxygens (including phenoxy) is 1. The van der Waals surface area contributed by atoms with Crippen LogP contribution < -0.4 is 0 Å². The van der Waals surface area contributed by atoms with E-state index in [1.807, 2.05) is 30.3 Å². The van der Waals surface area contributed by atoms with Gasteiger partial charge in [-0.2, -0.15) is 4.76 Å². The monoisotopic (exact) mass is 227 g/mol. The predicted molar refractivity (Wildman–Crippen MR) is 60.9 cm³/mol. The van der Waals surface area contributed by atoms with E-state index in [0.717, 1.165) is 5.56 Å². The van der Waals surface area contributed by atoms with Crippen LogP contribution in [0.15, 0.2) is 35.1 Å². The topological polar surface area (TPSA) is 40.0 Å². The molecule has 0 aliphatic carbocycles. The average Bonchev–Trinajstić information content (AvgIpc) is 2.32. The molecule has 1 rings (SSSR count). The van der Waals surface area contributed by atoms with Crippen LogP contribution in [0.3, 0.4) is 0 Å². The smallest absolute Gasteiger partial charge is 0.312 e. The molecular formula is C10H14NO3P. The molecule has 1 aromatic carbocycles. The molecule has 0 amide bonds. The minimum absolute atomic E-state index is 0.519. The largest absolute Gasteiger partial charge is 0.481 e. The second kappa shape index (κ2) is 6.51. The van der Waals surface area contributed by atoms with Gasteiger partial charge in [0, 0.05) is 19.8 Å². The van der Waals surface area contributed by atoms with Crippen molar-refractivity contribution in [1.29, 1.82) is 0 Å². The van der Waals surface area contributed by atoms with Gasteiger partial charge in [-0.1, -0.05) is 18.2 Å². The predicted octanol–water partition coefficient (Wildman–Crippen LogP) is 2.60. The SMILES string of the molecule is COC(=NP(OC)OC)c1ccccc1. The van der Waals surface area contributed by atoms with Crippen LogP contribution in [0.25, 0.3) is 0 Å². The maximum Gasteiger partial charge on any atom is 0.312 e. The summed E-state index contributed by atoms with van der Waals surface area (Å²) in [5.41, 5.74) is 0.904. The van der Waals surface area contributed by atoms with Gasteiger partial charge < -0.3 is 13.8 Å². The zero-order chi connectivity index (χ0) is 11.1. The Morgan fingerprint density at radius 3 is 2.13 bits per heavy atom. The molecule has 15 heavy (non-hydrogen) atoms. The highest BCUT2D eigenvalue weighted by atomic mass is 31.2. The summed E-state index contributed by atoms with van der Waals surface area (Å²) in [4.78, 5) is 0. The Labute approximate surface area is 90.9 Å². The highest BCUT2D eigenvalue weighted by molar-refractivity contribution is 7.45. The first-order chi connectivity index (χ1) is 7.31. The normalized spacial score (nSPS) is 11.9. The lowest BCUT2D eigenvalue weighted by Gasteiger charge is -2.09. The molecule has 5 heteroatoms. The van der Waals surface area contributed by atoms with Gasteiger partial charge in [0.2, 0.25) is 5.90 Å². The van der Waals surface area contributed by atoms with Crippen molar-refractivity contribution in [2.45, 2.75) is 0 Å². The summed E-state index contributed by atoms with van der Waals surface area (Å²) in [6.07, 6.45) is 0. The maximum atomic E-state index is 5.18. The number of benzene rings is 1. The molecule has 0 N–H and O–H groups in total. The summed E-state index contributed by atoms with van der Waals surface area (Å²) < 4.78 is 19.5. The quantitative estimate of drug-likeness (QED) is 0.451. The summed E-state index contributed by atoms with van der Waals surface area (Å²) >= 11 is 0. The van der Waals surface area contributed by atoms with E-state index in [1.54, 1.807) is 21.3 Å². The molecule has 82 valence electrons. The van der Waals surface area contributed by atoms with Gasteiger partial charge in [-0.25, -0.2) is 0 Å². The first kappa shape index (κ1) is 12.1. The van der Waals surface area contributed by atoms with Crippen molar-refractivity contribution in [3.8, 4) is 0 Å². The summed E-state index contributed by atoms with van der Waals surface area (Å²) in [7, 11) is 3.42. The van der Waals surface area contributed by atoms with Gasteiger partial charge in [0.25, 0.3) is 0 Å². The van der Waals surface area contributed by atoms with E-state index in [1.165, 1.54) is 0 Å². The molecule has 0 aromatic heterocycles. The second-order valence-electron chi connectivity index (χ2n) is 2.58. The van der Waals surface area contributed by atoms with Gasteiger partial charge >= 0.3 is 8.53 Å². The zero-order valence-electron chi connectivity index (χ0n) is 9.01. The lowest BCUT2D eigenvalue weighted by molar-refractivity contribution is 0.338. The van der Waals surface area contributed by atoms with Gasteiger partial charge in [0.1, 0.15) is 0 Å². The second-order valence-corrected chi connectivity index (χ2v) is 3.98. The molecule has 0 aliphatic heterocycles. The van der Waals surface area contributed by atoms with E-state index >= 15 is 0 Å². The van der Waals surface area contributed by atoms with E-state index in [4.69, 9.17) is 13.8 Å². The molecule has 0 atom stereocenters. The molecule has 0 unspecified atom stereocenters. The number of hydrogen-bond donors (Lipinski definition) is 0. The molecular weight excluding hydrogens is 213 g/mol. The van der Waals surface area contributed by atoms with Gasteiger partial charge in [-0.15, -0.1) is 0 Å². The lowest BCUT2D eigenvalue weighted by atomic mass is 10.2. The molecule has 1 aromatic rings. The van der Waals surface area contributed by atoms with Crippen LogP contribution in [0.5, 0.6) is 0 Å². The third-order valence-corrected chi connectivity index (χ3v) is 2.67. The van der Waals surface area contributed by atoms with Gasteiger partial charge in [-0.3, -0.25) is 0 Å². The van der Waals surface area contributed by atoms with Crippen LogP contribution in [0, 0.1) is 0 Å². The van der Waals surface area contributed by atoms with Crippen molar-refractivity contribution in [2.24, 2.45) is 4.76 Å². The van der Waals surface area contributed by atoms with Crippen molar-refractivity contribution < 1.29 is 13.8 Å². The van der Waals surface area contributed by atoms with Crippen molar-refractivity contribution >= 4 is 14.4 Å². The minimum atomic E-state index is -1.26. The molecule has 0 saturated carbocycles. The Bertz CT molecular complexity index is 312. The van der Waals surface area contributed by atoms with Crippen LogP contribution >= 0.6 is 8.53 Å². The third-order valence-electron chi connectivity index (χ3n) is 1.70. The zero-order valence-corrected chi connectivity index (χ0v) is 9.90. The van der Waals surface area contributed by atoms with Crippen LogP contribution in [-0.2, 0) is 13.8 Å². The number of nitrogens with zero attached hydrogens (tertiary/aromatic N) is 1. The van der Waals surface area contributed by atoms with Crippen molar-refractivity contribution in [3.05, 3.63) is 35.9 Å². The minimum Gasteiger partial charge on any atom is -0.481 e. The van der Waals surface area contributed by atoms with Crippen molar-refractivity contribution in [1.82, 2.24) is 0 Å². The maximum absolute atomic E-state index is 5.18. The molecule has 0 fully saturated rings. The molecule has 0 spiro atoms. The summed E-state index contributed by atoms with van der Waals surface area (Å²) in [5, 5.41) is 0. The first-order valence-electron chi connectivity index (χ1n) is 4.38. The number of hydrogen-bond acceptors (Lipinski definition) is 4. The van der Waals surface area contributed by atoms with E-state index in [0.29, 0.717) is 5.90 Å². The molecule has 0 aliphatic rings. The van der Waals surface area contributed by atoms with Crippen LogP contribution in [0.2, 0.25) is 0 Å². The van der Waals surface area contributed by atoms with Crippen molar-refractivity contribution in [2.75, 3.05) is 21.3 Å². The fourth-order valence-corrected chi connectivity index (χ4v) is 1.69. The first-order valence-corrected chi connectivity index (χ1v) is 5.51. The standard InChI is InChI=1S/C10H14NO3P/c1-12-10(11-15(13-2)14-3)9-7-5-4-6-8-9/h4-8H,1-3H3. The Balaban J connectivity index is 2.88. The fraction of sp³-hybridized carbons (Fsp3) is 0.300. The van der Waals surface area contributed by atoms with Crippen LogP contribution in [-0.4, -0.2) is 27.2 Å². The molecule has 0 bridgehead atoms. The van der Waals surface area contributed by atoms with Gasteiger partial charge in [0.15, 0.2) is 0 Å². The number of methoxy groups -OCH3 is 1. The van der Waals surface area contributed by atoms with E-state index < -0.39 is 8.53 Å².